The zero-order chi connectivity index (χ0) is 26.4. The molecule has 4 rings (SSSR count). The number of benzene rings is 2. The number of esters is 1. The van der Waals surface area contributed by atoms with Crippen molar-refractivity contribution in [2.24, 2.45) is 0 Å². The van der Waals surface area contributed by atoms with Crippen molar-refractivity contribution in [3.63, 3.8) is 0 Å². The van der Waals surface area contributed by atoms with Crippen LogP contribution in [0.2, 0.25) is 0 Å². The van der Waals surface area contributed by atoms with Gasteiger partial charge in [-0.1, -0.05) is 18.2 Å². The summed E-state index contributed by atoms with van der Waals surface area (Å²) in [7, 11) is 0. The quantitative estimate of drug-likeness (QED) is 0.254. The molecule has 0 amide bonds. The summed E-state index contributed by atoms with van der Waals surface area (Å²) in [5.41, 5.74) is 0.844. The topological polar surface area (TPSA) is 76.6 Å². The van der Waals surface area contributed by atoms with Crippen molar-refractivity contribution in [3.8, 4) is 11.1 Å². The van der Waals surface area contributed by atoms with Crippen molar-refractivity contribution < 1.29 is 31.8 Å². The Morgan fingerprint density at radius 1 is 1.19 bits per heavy atom. The molecular weight excluding hydrogens is 492 g/mol. The van der Waals surface area contributed by atoms with Crippen molar-refractivity contribution in [1.82, 2.24) is 9.97 Å². The minimum Gasteiger partial charge on any atom is -0.463 e. The lowest BCUT2D eigenvalue weighted by atomic mass is 10.0. The first kappa shape index (κ1) is 26.1. The molecule has 1 aromatic heterocycles. The van der Waals surface area contributed by atoms with E-state index in [9.17, 15) is 22.4 Å². The fraction of sp³-hybridized carbons (Fsp3) is 0.269. The lowest BCUT2D eigenvalue weighted by Crippen LogP contribution is -2.37. The number of nitrogens with one attached hydrogen (secondary N) is 1. The smallest absolute Gasteiger partial charge is 0.419 e. The van der Waals surface area contributed by atoms with E-state index in [1.54, 1.807) is 19.2 Å². The highest BCUT2D eigenvalue weighted by molar-refractivity contribution is 5.87. The number of carbonyl (C=O) groups excluding carboxylic acids is 1. The molecule has 7 nitrogen and oxygen atoms in total. The number of nitrogens with zero attached hydrogens (tertiary/aromatic N) is 3. The van der Waals surface area contributed by atoms with Crippen LogP contribution in [0.5, 0.6) is 0 Å². The Bertz CT molecular complexity index is 1290. The Balaban J connectivity index is 1.68. The van der Waals surface area contributed by atoms with E-state index in [2.05, 4.69) is 15.3 Å². The zero-order valence-electron chi connectivity index (χ0n) is 19.9. The first-order chi connectivity index (χ1) is 17.7. The summed E-state index contributed by atoms with van der Waals surface area (Å²) in [6.45, 7) is 4.09. The highest BCUT2D eigenvalue weighted by atomic mass is 19.4. The van der Waals surface area contributed by atoms with E-state index >= 15 is 0 Å². The predicted molar refractivity (Wildman–Crippen MR) is 131 cm³/mol. The van der Waals surface area contributed by atoms with Crippen molar-refractivity contribution in [2.45, 2.75) is 13.1 Å². The van der Waals surface area contributed by atoms with Gasteiger partial charge in [0.25, 0.3) is 0 Å². The summed E-state index contributed by atoms with van der Waals surface area (Å²) in [5.74, 6) is -1.19. The van der Waals surface area contributed by atoms with Crippen LogP contribution in [0.3, 0.4) is 0 Å². The molecule has 0 bridgehead atoms. The number of aromatic nitrogens is 2. The van der Waals surface area contributed by atoms with E-state index < -0.39 is 23.5 Å². The van der Waals surface area contributed by atoms with Crippen molar-refractivity contribution in [3.05, 3.63) is 71.7 Å². The van der Waals surface area contributed by atoms with Gasteiger partial charge in [-0.15, -0.1) is 0 Å². The monoisotopic (exact) mass is 516 g/mol. The van der Waals surface area contributed by atoms with Gasteiger partial charge < -0.3 is 19.7 Å². The van der Waals surface area contributed by atoms with Gasteiger partial charge in [-0.2, -0.15) is 18.2 Å². The molecule has 37 heavy (non-hydrogen) atoms. The van der Waals surface area contributed by atoms with Gasteiger partial charge in [-0.25, -0.2) is 14.2 Å². The molecule has 194 valence electrons. The maximum absolute atomic E-state index is 13.7. The maximum atomic E-state index is 13.7. The summed E-state index contributed by atoms with van der Waals surface area (Å²) in [6, 6.07) is 10.0. The largest absolute Gasteiger partial charge is 0.463 e. The molecule has 0 aliphatic carbocycles. The molecule has 11 heteroatoms. The van der Waals surface area contributed by atoms with Gasteiger partial charge in [0.15, 0.2) is 0 Å². The van der Waals surface area contributed by atoms with Crippen LogP contribution >= 0.6 is 0 Å². The Hall–Kier alpha value is -3.99. The highest BCUT2D eigenvalue weighted by Crippen LogP contribution is 2.35. The summed E-state index contributed by atoms with van der Waals surface area (Å²) in [5, 5.41) is 2.75. The standard InChI is InChI=1S/C26H24F4N4O3/c1-2-37-23(35)9-6-17-4-3-5-18(14-17)20-16-31-25(33-24(20)34-10-12-36-13-11-34)32-19-7-8-22(27)21(15-19)26(28,29)30/h3-9,14-16H,2,10-13H2,1H3,(H,31,32,33)/b9-6+. The third-order valence-corrected chi connectivity index (χ3v) is 5.50. The number of rotatable bonds is 7. The van der Waals surface area contributed by atoms with Crippen LogP contribution in [0.1, 0.15) is 18.1 Å². The summed E-state index contributed by atoms with van der Waals surface area (Å²) < 4.78 is 63.5. The molecule has 0 spiro atoms. The SMILES string of the molecule is CCOC(=O)/C=C/c1cccc(-c2cnc(Nc3ccc(F)c(C(F)(F)F)c3)nc2N2CCOCC2)c1. The fourth-order valence-electron chi connectivity index (χ4n) is 3.77. The first-order valence-corrected chi connectivity index (χ1v) is 11.5. The van der Waals surface area contributed by atoms with E-state index in [4.69, 9.17) is 9.47 Å². The molecule has 1 fully saturated rings. The number of anilines is 3. The predicted octanol–water partition coefficient (Wildman–Crippen LogP) is 5.46. The summed E-state index contributed by atoms with van der Waals surface area (Å²) >= 11 is 0. The number of ether oxygens (including phenoxy) is 2. The van der Waals surface area contributed by atoms with Gasteiger partial charge in [0.2, 0.25) is 5.95 Å². The van der Waals surface area contributed by atoms with Crippen LogP contribution in [-0.4, -0.2) is 48.8 Å². The number of alkyl halides is 3. The summed E-state index contributed by atoms with van der Waals surface area (Å²) in [6.07, 6.45) is -0.285. The van der Waals surface area contributed by atoms with Gasteiger partial charge >= 0.3 is 12.1 Å². The van der Waals surface area contributed by atoms with Gasteiger partial charge in [-0.3, -0.25) is 0 Å². The molecule has 0 saturated carbocycles. The van der Waals surface area contributed by atoms with Crippen LogP contribution in [0.4, 0.5) is 35.0 Å². The molecule has 2 aromatic carbocycles. The molecule has 2 heterocycles. The molecule has 3 aromatic rings. The Morgan fingerprint density at radius 3 is 2.70 bits per heavy atom. The normalized spacial score (nSPS) is 14.1. The average molecular weight is 516 g/mol. The second kappa shape index (κ2) is 11.4. The molecule has 0 atom stereocenters. The van der Waals surface area contributed by atoms with E-state index in [-0.39, 0.29) is 18.2 Å². The van der Waals surface area contributed by atoms with Gasteiger partial charge in [-0.05, 0) is 48.4 Å². The van der Waals surface area contributed by atoms with Crippen LogP contribution in [0, 0.1) is 5.82 Å². The minimum absolute atomic E-state index is 0.000465. The highest BCUT2D eigenvalue weighted by Gasteiger charge is 2.34. The van der Waals surface area contributed by atoms with Crippen molar-refractivity contribution >= 4 is 29.5 Å². The zero-order valence-corrected chi connectivity index (χ0v) is 19.9. The molecular formula is C26H24F4N4O3. The lowest BCUT2D eigenvalue weighted by Gasteiger charge is -2.29. The van der Waals surface area contributed by atoms with Gasteiger partial charge in [0, 0.05) is 36.6 Å². The van der Waals surface area contributed by atoms with Gasteiger partial charge in [0.1, 0.15) is 11.6 Å². The van der Waals surface area contributed by atoms with Crippen LogP contribution < -0.4 is 10.2 Å². The van der Waals surface area contributed by atoms with E-state index in [1.165, 1.54) is 12.1 Å². The average Bonchev–Trinajstić information content (AvgIpc) is 2.89. The van der Waals surface area contributed by atoms with Crippen molar-refractivity contribution in [1.29, 1.82) is 0 Å². The molecule has 1 aliphatic rings. The van der Waals surface area contributed by atoms with E-state index in [0.717, 1.165) is 17.2 Å². The number of hydrogen-bond donors (Lipinski definition) is 1. The first-order valence-electron chi connectivity index (χ1n) is 11.5. The third kappa shape index (κ3) is 6.62. The molecule has 1 N–H and O–H groups in total. The fourth-order valence-corrected chi connectivity index (χ4v) is 3.77. The number of hydrogen-bond acceptors (Lipinski definition) is 7. The second-order valence-electron chi connectivity index (χ2n) is 8.06. The van der Waals surface area contributed by atoms with Crippen LogP contribution in [-0.2, 0) is 20.4 Å². The van der Waals surface area contributed by atoms with Crippen LogP contribution in [0.25, 0.3) is 17.2 Å². The van der Waals surface area contributed by atoms with E-state index in [1.807, 2.05) is 29.2 Å². The Labute approximate surface area is 210 Å². The minimum atomic E-state index is -4.84. The lowest BCUT2D eigenvalue weighted by molar-refractivity contribution is -0.140. The number of carbonyl (C=O) groups is 1. The molecule has 1 aliphatic heterocycles. The van der Waals surface area contributed by atoms with E-state index in [0.29, 0.717) is 43.8 Å². The Morgan fingerprint density at radius 2 is 1.97 bits per heavy atom. The summed E-state index contributed by atoms with van der Waals surface area (Å²) in [4.78, 5) is 22.6. The van der Waals surface area contributed by atoms with Crippen molar-refractivity contribution in [2.75, 3.05) is 43.1 Å². The Kier molecular flexibility index (Phi) is 8.02. The number of morpholine rings is 1. The maximum Gasteiger partial charge on any atom is 0.419 e. The van der Waals surface area contributed by atoms with Gasteiger partial charge in [0.05, 0.1) is 25.4 Å². The molecule has 1 saturated heterocycles. The molecule has 0 unspecified atom stereocenters. The molecule has 0 radical (unpaired) electrons. The number of halogens is 4. The third-order valence-electron chi connectivity index (χ3n) is 5.50. The van der Waals surface area contributed by atoms with Crippen LogP contribution in [0.15, 0.2) is 54.7 Å². The second-order valence-corrected chi connectivity index (χ2v) is 8.06.